The molecule has 0 nitrogen and oxygen atoms in total. The first-order valence-electron chi connectivity index (χ1n) is 11.6. The smallest absolute Gasteiger partial charge is 0 e. The summed E-state index contributed by atoms with van der Waals surface area (Å²) in [5, 5.41) is 5.79. The predicted molar refractivity (Wildman–Crippen MR) is 142 cm³/mol. The molecule has 0 saturated heterocycles. The van der Waals surface area contributed by atoms with E-state index in [-0.39, 0.29) is 72.7 Å². The fourth-order valence-corrected chi connectivity index (χ4v) is 6.13. The van der Waals surface area contributed by atoms with E-state index in [1.165, 1.54) is 47.2 Å². The number of halogens is 2. The van der Waals surface area contributed by atoms with Gasteiger partial charge in [-0.25, -0.2) is 0 Å². The predicted octanol–water partition coefficient (Wildman–Crippen LogP) is 9.25. The summed E-state index contributed by atoms with van der Waals surface area (Å²) in [6.45, 7) is 19.5. The van der Waals surface area contributed by atoms with E-state index in [4.69, 9.17) is 0 Å². The van der Waals surface area contributed by atoms with Crippen LogP contribution in [0.15, 0.2) is 30.3 Å². The molecule has 2 aliphatic rings. The Labute approximate surface area is 226 Å². The van der Waals surface area contributed by atoms with Crippen LogP contribution in [0.3, 0.4) is 0 Å². The zero-order valence-electron chi connectivity index (χ0n) is 21.0. The Morgan fingerprint density at radius 1 is 0.500 bits per heavy atom. The van der Waals surface area contributed by atoms with Gasteiger partial charge in [-0.15, -0.1) is 64.6 Å². The van der Waals surface area contributed by atoms with Crippen molar-refractivity contribution in [1.82, 2.24) is 0 Å². The number of fused-ring (bicyclic) bond motifs is 5. The van der Waals surface area contributed by atoms with Gasteiger partial charge >= 0.3 is 0 Å². The first kappa shape index (κ1) is 28.0. The van der Waals surface area contributed by atoms with Gasteiger partial charge in [0.1, 0.15) is 0 Å². The summed E-state index contributed by atoms with van der Waals surface area (Å²) in [6.07, 6.45) is 5.09. The second kappa shape index (κ2) is 8.46. The van der Waals surface area contributed by atoms with Gasteiger partial charge in [0.2, 0.25) is 0 Å². The quantitative estimate of drug-likeness (QED) is 0.245. The SMILES string of the molecule is CC1(C)CCC(C)(C)c2cc3c(cc21)[cH-]c1cc2c(cc13)C(C)(C)CCC2(C)C.Cl.Cl.[Zr]. The maximum Gasteiger partial charge on any atom is 0 e. The third-order valence-corrected chi connectivity index (χ3v) is 8.65. The summed E-state index contributed by atoms with van der Waals surface area (Å²) in [6, 6.07) is 12.6. The second-order valence-corrected chi connectivity index (χ2v) is 12.6. The maximum absolute atomic E-state index is 2.56. The van der Waals surface area contributed by atoms with Gasteiger partial charge in [-0.05, 0) is 47.3 Å². The van der Waals surface area contributed by atoms with Crippen molar-refractivity contribution in [3.63, 3.8) is 0 Å². The Kier molecular flexibility index (Phi) is 7.41. The van der Waals surface area contributed by atoms with Crippen LogP contribution >= 0.6 is 24.8 Å². The van der Waals surface area contributed by atoms with Crippen molar-refractivity contribution in [1.29, 1.82) is 0 Å². The van der Waals surface area contributed by atoms with Crippen molar-refractivity contribution < 1.29 is 26.2 Å². The molecule has 0 spiro atoms. The van der Waals surface area contributed by atoms with Crippen LogP contribution in [0, 0.1) is 0 Å². The van der Waals surface area contributed by atoms with E-state index in [0.717, 1.165) is 0 Å². The molecule has 0 radical (unpaired) electrons. The average Bonchev–Trinajstić information content (AvgIpc) is 2.98. The average molecular weight is 550 g/mol. The van der Waals surface area contributed by atoms with Crippen molar-refractivity contribution in [2.24, 2.45) is 0 Å². The molecule has 174 valence electrons. The van der Waals surface area contributed by atoms with Gasteiger partial charge in [0, 0.05) is 26.2 Å². The van der Waals surface area contributed by atoms with Gasteiger partial charge in [-0.1, -0.05) is 89.8 Å². The summed E-state index contributed by atoms with van der Waals surface area (Å²) < 4.78 is 0. The molecule has 0 heterocycles. The van der Waals surface area contributed by atoms with Crippen LogP contribution in [-0.4, -0.2) is 0 Å². The van der Waals surface area contributed by atoms with Gasteiger partial charge < -0.3 is 0 Å². The molecule has 0 amide bonds. The van der Waals surface area contributed by atoms with Crippen molar-refractivity contribution in [3.05, 3.63) is 52.6 Å². The molecule has 2 aliphatic carbocycles. The van der Waals surface area contributed by atoms with Crippen LogP contribution < -0.4 is 0 Å². The summed E-state index contributed by atoms with van der Waals surface area (Å²) in [5.41, 5.74) is 7.36. The molecule has 32 heavy (non-hydrogen) atoms. The van der Waals surface area contributed by atoms with Crippen molar-refractivity contribution in [2.75, 3.05) is 0 Å². The standard InChI is InChI=1S/C29H37.2ClH.Zr/c1-26(2)9-11-28(5,6)24-16-20-18(14-22(24)26)13-19-15-23-25(17-21(19)20)29(7,8)12-10-27(23,3)4;;;/h13-17H,9-12H2,1-8H3;2*1H;/q-1;;;. The second-order valence-electron chi connectivity index (χ2n) is 12.6. The van der Waals surface area contributed by atoms with Gasteiger partial charge in [-0.3, -0.25) is 0 Å². The van der Waals surface area contributed by atoms with Crippen LogP contribution in [0.1, 0.15) is 103 Å². The number of hydrogen-bond acceptors (Lipinski definition) is 0. The minimum absolute atomic E-state index is 0. The fraction of sp³-hybridized carbons (Fsp3) is 0.552. The molecule has 0 fully saturated rings. The monoisotopic (exact) mass is 547 g/mol. The molecule has 3 aromatic rings. The first-order chi connectivity index (χ1) is 13.3. The Balaban J connectivity index is 0.00000121. The zero-order valence-corrected chi connectivity index (χ0v) is 25.1. The molecule has 0 saturated carbocycles. The minimum atomic E-state index is 0. The van der Waals surface area contributed by atoms with E-state index in [2.05, 4.69) is 85.7 Å². The number of hydrogen-bond donors (Lipinski definition) is 0. The van der Waals surface area contributed by atoms with Gasteiger partial charge in [0.05, 0.1) is 0 Å². The third kappa shape index (κ3) is 4.08. The maximum atomic E-state index is 2.56. The van der Waals surface area contributed by atoms with Crippen molar-refractivity contribution in [2.45, 2.75) is 103 Å². The van der Waals surface area contributed by atoms with Crippen LogP contribution in [0.25, 0.3) is 21.5 Å². The minimum Gasteiger partial charge on any atom is -0.147 e. The van der Waals surface area contributed by atoms with Crippen LogP contribution in [0.5, 0.6) is 0 Å². The summed E-state index contributed by atoms with van der Waals surface area (Å²) >= 11 is 0. The van der Waals surface area contributed by atoms with E-state index in [9.17, 15) is 0 Å². The molecule has 0 atom stereocenters. The fourth-order valence-electron chi connectivity index (χ4n) is 6.13. The topological polar surface area (TPSA) is 0 Å². The van der Waals surface area contributed by atoms with Crippen molar-refractivity contribution in [3.8, 4) is 0 Å². The molecule has 0 bridgehead atoms. The van der Waals surface area contributed by atoms with Crippen LogP contribution in [0.2, 0.25) is 0 Å². The van der Waals surface area contributed by atoms with E-state index in [1.54, 1.807) is 22.3 Å². The molecular formula is C29H39Cl2Zr-. The van der Waals surface area contributed by atoms with E-state index < -0.39 is 0 Å². The number of benzene rings is 2. The molecule has 0 aromatic heterocycles. The Morgan fingerprint density at radius 3 is 1.03 bits per heavy atom. The van der Waals surface area contributed by atoms with Crippen LogP contribution in [0.4, 0.5) is 0 Å². The summed E-state index contributed by atoms with van der Waals surface area (Å²) in [4.78, 5) is 0. The normalized spacial score (nSPS) is 21.5. The summed E-state index contributed by atoms with van der Waals surface area (Å²) in [7, 11) is 0. The Hall–Kier alpha value is -0.227. The van der Waals surface area contributed by atoms with Crippen LogP contribution in [-0.2, 0) is 47.9 Å². The summed E-state index contributed by atoms with van der Waals surface area (Å²) in [5.74, 6) is 0. The van der Waals surface area contributed by atoms with E-state index >= 15 is 0 Å². The van der Waals surface area contributed by atoms with Gasteiger partial charge in [0.15, 0.2) is 0 Å². The largest absolute Gasteiger partial charge is 0.147 e. The Morgan fingerprint density at radius 2 is 0.750 bits per heavy atom. The van der Waals surface area contributed by atoms with Gasteiger partial charge in [-0.2, -0.15) is 0 Å². The first-order valence-corrected chi connectivity index (χ1v) is 11.6. The molecule has 5 rings (SSSR count). The van der Waals surface area contributed by atoms with E-state index in [0.29, 0.717) is 0 Å². The number of rotatable bonds is 0. The Bertz CT molecular complexity index is 1070. The van der Waals surface area contributed by atoms with Crippen molar-refractivity contribution >= 4 is 46.4 Å². The molecule has 0 N–H and O–H groups in total. The molecule has 0 unspecified atom stereocenters. The molecule has 0 aliphatic heterocycles. The van der Waals surface area contributed by atoms with E-state index in [1.807, 2.05) is 0 Å². The third-order valence-electron chi connectivity index (χ3n) is 8.65. The molecule has 3 heteroatoms. The van der Waals surface area contributed by atoms with Gasteiger partial charge in [0.25, 0.3) is 0 Å². The molecule has 3 aromatic carbocycles. The zero-order chi connectivity index (χ0) is 21.0. The molecular weight excluding hydrogens is 510 g/mol.